The van der Waals surface area contributed by atoms with Gasteiger partial charge in [0.25, 0.3) is 11.8 Å². The third-order valence-electron chi connectivity index (χ3n) is 5.11. The highest BCUT2D eigenvalue weighted by molar-refractivity contribution is 6.17. The summed E-state index contributed by atoms with van der Waals surface area (Å²) in [5.41, 5.74) is -0.0555. The van der Waals surface area contributed by atoms with Crippen LogP contribution < -0.4 is 10.6 Å². The van der Waals surface area contributed by atoms with E-state index in [9.17, 15) is 18.8 Å². The van der Waals surface area contributed by atoms with Gasteiger partial charge in [0.2, 0.25) is 0 Å². The van der Waals surface area contributed by atoms with Crippen molar-refractivity contribution in [1.29, 1.82) is 0 Å². The first-order chi connectivity index (χ1) is 15.1. The summed E-state index contributed by atoms with van der Waals surface area (Å²) in [7, 11) is 0. The standard InChI is InChI=1S/C22H29FN4O5/c1-22(2,3)32-21(31)26-9-7-14(8-10-26)24-19-15(23)5-4-6-16(19)25-17-13-18(29)27(11-12-28)20(17)30/h4-6,13-14,24-25,28H,7-12H2,1-3H3. The summed E-state index contributed by atoms with van der Waals surface area (Å²) in [6.07, 6.45) is 1.95. The van der Waals surface area contributed by atoms with Crippen molar-refractivity contribution in [3.63, 3.8) is 0 Å². The third kappa shape index (κ3) is 5.56. The Balaban J connectivity index is 1.65. The van der Waals surface area contributed by atoms with Gasteiger partial charge >= 0.3 is 6.09 Å². The molecule has 0 bridgehead atoms. The van der Waals surface area contributed by atoms with E-state index in [1.54, 1.807) is 11.0 Å². The van der Waals surface area contributed by atoms with Gasteiger partial charge in [-0.25, -0.2) is 9.18 Å². The number of para-hydroxylation sites is 1. The fourth-order valence-corrected chi connectivity index (χ4v) is 3.57. The fourth-order valence-electron chi connectivity index (χ4n) is 3.57. The molecule has 1 aromatic carbocycles. The molecule has 2 aliphatic rings. The molecule has 3 N–H and O–H groups in total. The monoisotopic (exact) mass is 448 g/mol. The number of β-amino-alcohol motifs (C(OH)–C–C–N with tert-alkyl or cyclic N) is 1. The van der Waals surface area contributed by atoms with Crippen LogP contribution in [0.4, 0.5) is 20.6 Å². The molecule has 10 heteroatoms. The Labute approximate surface area is 186 Å². The van der Waals surface area contributed by atoms with Crippen LogP contribution in [0, 0.1) is 5.82 Å². The van der Waals surface area contributed by atoms with Gasteiger partial charge in [-0.2, -0.15) is 0 Å². The number of aliphatic hydroxyl groups is 1. The van der Waals surface area contributed by atoms with E-state index in [1.807, 2.05) is 20.8 Å². The normalized spacial score (nSPS) is 17.5. The molecule has 0 aromatic heterocycles. The molecule has 32 heavy (non-hydrogen) atoms. The van der Waals surface area contributed by atoms with Gasteiger partial charge in [0.05, 0.1) is 24.5 Å². The Kier molecular flexibility index (Phi) is 7.02. The molecule has 9 nitrogen and oxygen atoms in total. The number of nitrogens with zero attached hydrogens (tertiary/aromatic N) is 2. The number of aliphatic hydroxyl groups excluding tert-OH is 1. The second kappa shape index (κ2) is 9.56. The fraction of sp³-hybridized carbons (Fsp3) is 0.500. The molecule has 2 aliphatic heterocycles. The Bertz CT molecular complexity index is 919. The van der Waals surface area contributed by atoms with Crippen LogP contribution in [0.15, 0.2) is 30.0 Å². The minimum Gasteiger partial charge on any atom is -0.444 e. The van der Waals surface area contributed by atoms with E-state index < -0.39 is 23.2 Å². The van der Waals surface area contributed by atoms with Crippen LogP contribution in [0.2, 0.25) is 0 Å². The number of carbonyl (C=O) groups is 3. The molecule has 174 valence electrons. The Hall–Kier alpha value is -3.14. The number of nitrogens with one attached hydrogen (secondary N) is 2. The first-order valence-corrected chi connectivity index (χ1v) is 10.6. The zero-order chi connectivity index (χ0) is 23.5. The van der Waals surface area contributed by atoms with Gasteiger partial charge < -0.3 is 25.4 Å². The first kappa shape index (κ1) is 23.5. The lowest BCUT2D eigenvalue weighted by molar-refractivity contribution is -0.137. The number of rotatable bonds is 6. The highest BCUT2D eigenvalue weighted by Gasteiger charge is 2.32. The molecule has 3 rings (SSSR count). The Morgan fingerprint density at radius 1 is 1.25 bits per heavy atom. The third-order valence-corrected chi connectivity index (χ3v) is 5.11. The maximum absolute atomic E-state index is 14.6. The molecule has 0 saturated carbocycles. The van der Waals surface area contributed by atoms with E-state index in [0.717, 1.165) is 11.0 Å². The second-order valence-electron chi connectivity index (χ2n) is 8.75. The van der Waals surface area contributed by atoms with Gasteiger partial charge in [0.15, 0.2) is 0 Å². The van der Waals surface area contributed by atoms with Crippen LogP contribution in [-0.4, -0.2) is 70.7 Å². The van der Waals surface area contributed by atoms with Gasteiger partial charge in [-0.15, -0.1) is 0 Å². The van der Waals surface area contributed by atoms with E-state index in [-0.39, 0.29) is 36.7 Å². The lowest BCUT2D eigenvalue weighted by Gasteiger charge is -2.34. The van der Waals surface area contributed by atoms with E-state index >= 15 is 0 Å². The minimum atomic E-state index is -0.579. The van der Waals surface area contributed by atoms with Crippen LogP contribution in [0.3, 0.4) is 0 Å². The summed E-state index contributed by atoms with van der Waals surface area (Å²) in [6, 6.07) is 4.32. The van der Waals surface area contributed by atoms with Crippen molar-refractivity contribution in [1.82, 2.24) is 9.80 Å². The largest absolute Gasteiger partial charge is 0.444 e. The average molecular weight is 448 g/mol. The first-order valence-electron chi connectivity index (χ1n) is 10.6. The number of amides is 3. The quantitative estimate of drug-likeness (QED) is 0.573. The number of carbonyl (C=O) groups excluding carboxylic acids is 3. The molecular weight excluding hydrogens is 419 g/mol. The van der Waals surface area contributed by atoms with Gasteiger partial charge in [-0.1, -0.05) is 6.07 Å². The molecule has 3 amide bonds. The van der Waals surface area contributed by atoms with E-state index in [2.05, 4.69) is 10.6 Å². The number of imide groups is 1. The number of hydrogen-bond acceptors (Lipinski definition) is 7. The molecule has 0 unspecified atom stereocenters. The number of piperidine rings is 1. The maximum Gasteiger partial charge on any atom is 0.410 e. The smallest absolute Gasteiger partial charge is 0.410 e. The SMILES string of the molecule is CC(C)(C)OC(=O)N1CCC(Nc2c(F)cccc2NC2=CC(=O)N(CCO)C2=O)CC1. The summed E-state index contributed by atoms with van der Waals surface area (Å²) in [6.45, 7) is 5.93. The summed E-state index contributed by atoms with van der Waals surface area (Å²) in [5, 5.41) is 15.0. The van der Waals surface area contributed by atoms with Gasteiger partial charge in [-0.3, -0.25) is 14.5 Å². The predicted molar refractivity (Wildman–Crippen MR) is 116 cm³/mol. The highest BCUT2D eigenvalue weighted by atomic mass is 19.1. The van der Waals surface area contributed by atoms with Crippen molar-refractivity contribution in [2.45, 2.75) is 45.3 Å². The highest BCUT2D eigenvalue weighted by Crippen LogP contribution is 2.30. The molecule has 1 saturated heterocycles. The molecule has 0 atom stereocenters. The van der Waals surface area contributed by atoms with Crippen molar-refractivity contribution in [3.8, 4) is 0 Å². The van der Waals surface area contributed by atoms with Crippen molar-refractivity contribution in [2.24, 2.45) is 0 Å². The number of halogens is 1. The van der Waals surface area contributed by atoms with Crippen LogP contribution in [0.1, 0.15) is 33.6 Å². The van der Waals surface area contributed by atoms with Crippen molar-refractivity contribution in [2.75, 3.05) is 36.9 Å². The number of anilines is 2. The van der Waals surface area contributed by atoms with E-state index in [1.165, 1.54) is 12.1 Å². The molecule has 0 radical (unpaired) electrons. The van der Waals surface area contributed by atoms with Gasteiger partial charge in [0.1, 0.15) is 17.1 Å². The Morgan fingerprint density at radius 2 is 1.94 bits per heavy atom. The van der Waals surface area contributed by atoms with Gasteiger partial charge in [0, 0.05) is 25.2 Å². The number of hydrogen-bond donors (Lipinski definition) is 3. The minimum absolute atomic E-state index is 0.0110. The van der Waals surface area contributed by atoms with E-state index in [0.29, 0.717) is 31.6 Å². The van der Waals surface area contributed by atoms with Gasteiger partial charge in [-0.05, 0) is 45.7 Å². The predicted octanol–water partition coefficient (Wildman–Crippen LogP) is 2.29. The topological polar surface area (TPSA) is 111 Å². The summed E-state index contributed by atoms with van der Waals surface area (Å²) in [4.78, 5) is 39.1. The van der Waals surface area contributed by atoms with Crippen molar-refractivity contribution >= 4 is 29.3 Å². The number of benzene rings is 1. The molecule has 0 spiro atoms. The molecule has 2 heterocycles. The summed E-state index contributed by atoms with van der Waals surface area (Å²) >= 11 is 0. The van der Waals surface area contributed by atoms with Crippen LogP contribution in [0.25, 0.3) is 0 Å². The van der Waals surface area contributed by atoms with E-state index in [4.69, 9.17) is 9.84 Å². The molecule has 0 aliphatic carbocycles. The van der Waals surface area contributed by atoms with Crippen molar-refractivity contribution in [3.05, 3.63) is 35.8 Å². The van der Waals surface area contributed by atoms with Crippen LogP contribution in [-0.2, 0) is 14.3 Å². The Morgan fingerprint density at radius 3 is 2.56 bits per heavy atom. The van der Waals surface area contributed by atoms with Crippen LogP contribution in [0.5, 0.6) is 0 Å². The van der Waals surface area contributed by atoms with Crippen molar-refractivity contribution < 1.29 is 28.6 Å². The number of ether oxygens (including phenoxy) is 1. The number of likely N-dealkylation sites (tertiary alicyclic amines) is 1. The summed E-state index contributed by atoms with van der Waals surface area (Å²) in [5.74, 6) is -1.62. The van der Waals surface area contributed by atoms with Crippen LogP contribution >= 0.6 is 0 Å². The maximum atomic E-state index is 14.6. The zero-order valence-corrected chi connectivity index (χ0v) is 18.5. The average Bonchev–Trinajstić information content (AvgIpc) is 2.97. The molecule has 1 aromatic rings. The lowest BCUT2D eigenvalue weighted by Crippen LogP contribution is -2.44. The second-order valence-corrected chi connectivity index (χ2v) is 8.75. The molecular formula is C22H29FN4O5. The lowest BCUT2D eigenvalue weighted by atomic mass is 10.0. The summed E-state index contributed by atoms with van der Waals surface area (Å²) < 4.78 is 20.0. The molecule has 1 fully saturated rings. The zero-order valence-electron chi connectivity index (χ0n) is 18.5.